The first kappa shape index (κ1) is 23.3. The summed E-state index contributed by atoms with van der Waals surface area (Å²) >= 11 is 1.76. The van der Waals surface area contributed by atoms with Crippen molar-refractivity contribution in [3.8, 4) is 17.0 Å². The van der Waals surface area contributed by atoms with Gasteiger partial charge in [0.2, 0.25) is 0 Å². The number of aliphatic hydroxyl groups is 1. The van der Waals surface area contributed by atoms with Crippen LogP contribution in [0.5, 0.6) is 5.75 Å². The minimum absolute atomic E-state index is 0.0235. The maximum atomic E-state index is 13.9. The number of aliphatic hydroxyl groups excluding tert-OH is 1. The summed E-state index contributed by atoms with van der Waals surface area (Å²) in [7, 11) is 0. The van der Waals surface area contributed by atoms with E-state index in [1.54, 1.807) is 11.8 Å². The molecule has 2 aliphatic heterocycles. The number of nitrogens with zero attached hydrogens (tertiary/aromatic N) is 2. The number of carbonyl (C=O) groups is 1. The number of benzene rings is 3. The van der Waals surface area contributed by atoms with E-state index in [4.69, 9.17) is 4.74 Å². The minimum atomic E-state index is -0.0600. The number of hydrogen-bond acceptors (Lipinski definition) is 5. The van der Waals surface area contributed by atoms with Gasteiger partial charge in [-0.2, -0.15) is 0 Å². The van der Waals surface area contributed by atoms with Crippen LogP contribution in [0.25, 0.3) is 22.2 Å². The van der Waals surface area contributed by atoms with Gasteiger partial charge in [0, 0.05) is 33.7 Å². The molecular weight excluding hydrogens is 468 g/mol. The Morgan fingerprint density at radius 2 is 1.78 bits per heavy atom. The molecule has 6 heteroatoms. The van der Waals surface area contributed by atoms with Gasteiger partial charge in [-0.1, -0.05) is 36.8 Å². The van der Waals surface area contributed by atoms with Crippen molar-refractivity contribution in [3.05, 3.63) is 83.4 Å². The summed E-state index contributed by atoms with van der Waals surface area (Å²) < 4.78 is 7.83. The van der Waals surface area contributed by atoms with Gasteiger partial charge in [0.1, 0.15) is 12.4 Å². The molecule has 3 aromatic carbocycles. The Bertz CT molecular complexity index is 1400. The number of carbonyl (C=O) groups excluding carboxylic acids is 1. The summed E-state index contributed by atoms with van der Waals surface area (Å²) in [5.74, 6) is 1.59. The third-order valence-electron chi connectivity index (χ3n) is 7.24. The van der Waals surface area contributed by atoms with Gasteiger partial charge in [-0.05, 0) is 73.5 Å². The van der Waals surface area contributed by atoms with Crippen molar-refractivity contribution in [3.63, 3.8) is 0 Å². The number of likely N-dealkylation sites (tertiary alicyclic amines) is 1. The highest BCUT2D eigenvalue weighted by Crippen LogP contribution is 2.47. The van der Waals surface area contributed by atoms with Crippen LogP contribution in [0.4, 0.5) is 0 Å². The van der Waals surface area contributed by atoms with Crippen LogP contribution in [0.2, 0.25) is 0 Å². The average Bonchev–Trinajstić information content (AvgIpc) is 3.27. The van der Waals surface area contributed by atoms with Crippen LogP contribution in [0.15, 0.2) is 71.6 Å². The first-order chi connectivity index (χ1) is 17.7. The Morgan fingerprint density at radius 3 is 2.58 bits per heavy atom. The van der Waals surface area contributed by atoms with Crippen molar-refractivity contribution in [1.29, 1.82) is 0 Å². The summed E-state index contributed by atoms with van der Waals surface area (Å²) in [6.45, 7) is 3.89. The van der Waals surface area contributed by atoms with Crippen LogP contribution in [0.3, 0.4) is 0 Å². The predicted molar refractivity (Wildman–Crippen MR) is 145 cm³/mol. The quantitative estimate of drug-likeness (QED) is 0.356. The van der Waals surface area contributed by atoms with Gasteiger partial charge in [0.05, 0.1) is 17.8 Å². The van der Waals surface area contributed by atoms with E-state index >= 15 is 0 Å². The Labute approximate surface area is 215 Å². The molecule has 184 valence electrons. The van der Waals surface area contributed by atoms with E-state index in [1.807, 2.05) is 59.2 Å². The summed E-state index contributed by atoms with van der Waals surface area (Å²) in [6, 6.07) is 21.7. The van der Waals surface area contributed by atoms with Gasteiger partial charge in [0.25, 0.3) is 5.91 Å². The van der Waals surface area contributed by atoms with Crippen molar-refractivity contribution >= 4 is 28.6 Å². The number of rotatable bonds is 6. The highest BCUT2D eigenvalue weighted by atomic mass is 32.2. The lowest BCUT2D eigenvalue weighted by Crippen LogP contribution is -2.33. The largest absolute Gasteiger partial charge is 0.492 e. The molecule has 5 nitrogen and oxygen atoms in total. The zero-order valence-corrected chi connectivity index (χ0v) is 21.1. The standard InChI is InChI=1S/C30H30N2O3S/c33-19-21-8-13-27-26(18-21)29-28(25-7-3-2-6-23(25)20-36-29)32(27)30(34)22-9-11-24(12-10-22)35-17-16-31-14-4-1-5-15-31/h2-3,6-13,18,33H,1,4-5,14-17,19-20H2. The number of aromatic nitrogens is 1. The maximum Gasteiger partial charge on any atom is 0.262 e. The minimum Gasteiger partial charge on any atom is -0.492 e. The molecule has 0 bridgehead atoms. The number of thioether (sulfide) groups is 1. The van der Waals surface area contributed by atoms with Crippen LogP contribution in [0, 0.1) is 0 Å². The molecule has 0 atom stereocenters. The van der Waals surface area contributed by atoms with Gasteiger partial charge in [-0.25, -0.2) is 0 Å². The fourth-order valence-electron chi connectivity index (χ4n) is 5.33. The van der Waals surface area contributed by atoms with E-state index < -0.39 is 0 Å². The fourth-order valence-corrected chi connectivity index (χ4v) is 6.54. The third-order valence-corrected chi connectivity index (χ3v) is 8.40. The molecule has 3 heterocycles. The van der Waals surface area contributed by atoms with Gasteiger partial charge >= 0.3 is 0 Å². The fraction of sp³-hybridized carbons (Fsp3) is 0.300. The molecule has 4 aromatic rings. The topological polar surface area (TPSA) is 54.7 Å². The predicted octanol–water partition coefficient (Wildman–Crippen LogP) is 5.96. The second kappa shape index (κ2) is 10.1. The Kier molecular flexibility index (Phi) is 6.57. The van der Waals surface area contributed by atoms with Crippen molar-refractivity contribution < 1.29 is 14.6 Å². The van der Waals surface area contributed by atoms with Gasteiger partial charge in [-0.3, -0.25) is 14.3 Å². The van der Waals surface area contributed by atoms with Gasteiger partial charge < -0.3 is 9.84 Å². The molecular formula is C30H30N2O3S. The first-order valence-corrected chi connectivity index (χ1v) is 13.7. The molecule has 36 heavy (non-hydrogen) atoms. The van der Waals surface area contributed by atoms with Crippen LogP contribution < -0.4 is 4.74 Å². The summed E-state index contributed by atoms with van der Waals surface area (Å²) in [5.41, 5.74) is 5.61. The number of hydrogen-bond donors (Lipinski definition) is 1. The highest BCUT2D eigenvalue weighted by Gasteiger charge is 2.28. The third kappa shape index (κ3) is 4.34. The first-order valence-electron chi connectivity index (χ1n) is 12.7. The lowest BCUT2D eigenvalue weighted by Gasteiger charge is -2.26. The number of ether oxygens (including phenoxy) is 1. The van der Waals surface area contributed by atoms with E-state index in [2.05, 4.69) is 17.0 Å². The van der Waals surface area contributed by atoms with E-state index in [-0.39, 0.29) is 12.5 Å². The van der Waals surface area contributed by atoms with E-state index in [1.165, 1.54) is 24.8 Å². The zero-order valence-electron chi connectivity index (χ0n) is 20.3. The Hall–Kier alpha value is -3.06. The van der Waals surface area contributed by atoms with E-state index in [0.29, 0.717) is 12.2 Å². The lowest BCUT2D eigenvalue weighted by molar-refractivity contribution is 0.0966. The summed E-state index contributed by atoms with van der Waals surface area (Å²) in [5, 5.41) is 10.7. The molecule has 0 amide bonds. The van der Waals surface area contributed by atoms with E-state index in [0.717, 1.165) is 63.8 Å². The van der Waals surface area contributed by atoms with Crippen LogP contribution in [0.1, 0.15) is 40.7 Å². The average molecular weight is 499 g/mol. The molecule has 2 aliphatic rings. The highest BCUT2D eigenvalue weighted by molar-refractivity contribution is 7.99. The monoisotopic (exact) mass is 498 g/mol. The number of fused-ring (bicyclic) bond motifs is 5. The molecule has 0 saturated carbocycles. The van der Waals surface area contributed by atoms with Crippen molar-refractivity contribution in [2.45, 2.75) is 36.5 Å². The van der Waals surface area contributed by atoms with Crippen LogP contribution >= 0.6 is 11.8 Å². The van der Waals surface area contributed by atoms with E-state index in [9.17, 15) is 9.90 Å². The molecule has 0 radical (unpaired) electrons. The normalized spacial score (nSPS) is 15.5. The molecule has 0 unspecified atom stereocenters. The lowest BCUT2D eigenvalue weighted by atomic mass is 10.0. The van der Waals surface area contributed by atoms with Gasteiger partial charge in [0.15, 0.2) is 0 Å². The summed E-state index contributed by atoms with van der Waals surface area (Å²) in [4.78, 5) is 17.5. The van der Waals surface area contributed by atoms with Crippen LogP contribution in [-0.2, 0) is 12.4 Å². The number of piperidine rings is 1. The molecule has 0 spiro atoms. The van der Waals surface area contributed by atoms with Gasteiger partial charge in [-0.15, -0.1) is 11.8 Å². The zero-order chi connectivity index (χ0) is 24.5. The molecule has 1 aromatic heterocycles. The van der Waals surface area contributed by atoms with Crippen LogP contribution in [-0.4, -0.2) is 46.7 Å². The Morgan fingerprint density at radius 1 is 0.972 bits per heavy atom. The SMILES string of the molecule is O=C(c1ccc(OCCN2CCCCC2)cc1)n1c2c(c3cc(CO)ccc31)SCc1ccccc1-2. The molecule has 1 saturated heterocycles. The van der Waals surface area contributed by atoms with Crippen molar-refractivity contribution in [2.75, 3.05) is 26.2 Å². The summed E-state index contributed by atoms with van der Waals surface area (Å²) in [6.07, 6.45) is 3.89. The maximum absolute atomic E-state index is 13.9. The molecule has 6 rings (SSSR count). The second-order valence-corrected chi connectivity index (χ2v) is 10.5. The Balaban J connectivity index is 1.31. The second-order valence-electron chi connectivity index (χ2n) is 9.55. The van der Waals surface area contributed by atoms with Crippen molar-refractivity contribution in [1.82, 2.24) is 9.47 Å². The smallest absolute Gasteiger partial charge is 0.262 e. The molecule has 1 fully saturated rings. The molecule has 1 N–H and O–H groups in total. The molecule has 0 aliphatic carbocycles. The van der Waals surface area contributed by atoms with Crippen molar-refractivity contribution in [2.24, 2.45) is 0 Å².